The fourth-order valence-electron chi connectivity index (χ4n) is 2.57. The number of hydrogen-bond donors (Lipinski definition) is 2. The zero-order chi connectivity index (χ0) is 13.8. The first-order valence-electron chi connectivity index (χ1n) is 7.14. The molecule has 1 aromatic rings. The van der Waals surface area contributed by atoms with Crippen molar-refractivity contribution in [2.75, 3.05) is 18.4 Å². The molecule has 0 saturated carbocycles. The van der Waals surface area contributed by atoms with Gasteiger partial charge in [-0.2, -0.15) is 0 Å². The molecule has 5 nitrogen and oxygen atoms in total. The van der Waals surface area contributed by atoms with E-state index in [1.54, 1.807) is 17.0 Å². The lowest BCUT2D eigenvalue weighted by molar-refractivity contribution is 0.346. The fraction of sp³-hybridized carbons (Fsp3) is 0.714. The molecule has 5 heteroatoms. The van der Waals surface area contributed by atoms with Crippen molar-refractivity contribution in [2.24, 2.45) is 5.92 Å². The molecule has 0 aliphatic carbocycles. The lowest BCUT2D eigenvalue weighted by Crippen LogP contribution is -2.40. The quantitative estimate of drug-likeness (QED) is 0.867. The molecule has 2 N–H and O–H groups in total. The minimum absolute atomic E-state index is 0.0341. The summed E-state index contributed by atoms with van der Waals surface area (Å²) >= 11 is 0. The third kappa shape index (κ3) is 3.35. The average Bonchev–Trinajstić information content (AvgIpc) is 2.41. The first kappa shape index (κ1) is 14.1. The Kier molecular flexibility index (Phi) is 4.58. The van der Waals surface area contributed by atoms with Crippen LogP contribution in [-0.2, 0) is 0 Å². The Hall–Kier alpha value is -1.36. The summed E-state index contributed by atoms with van der Waals surface area (Å²) in [6.45, 7) is 8.25. The Morgan fingerprint density at radius 2 is 2.26 bits per heavy atom. The molecule has 2 rings (SSSR count). The molecule has 0 bridgehead atoms. The molecule has 1 aliphatic rings. The fourth-order valence-corrected chi connectivity index (χ4v) is 2.57. The van der Waals surface area contributed by atoms with Crippen LogP contribution in [0.3, 0.4) is 0 Å². The van der Waals surface area contributed by atoms with E-state index in [9.17, 15) is 4.79 Å². The van der Waals surface area contributed by atoms with Crippen molar-refractivity contribution in [3.05, 3.63) is 22.7 Å². The van der Waals surface area contributed by atoms with Crippen LogP contribution in [0.1, 0.15) is 39.7 Å². The number of aromatic nitrogens is 2. The van der Waals surface area contributed by atoms with Gasteiger partial charge in [-0.3, -0.25) is 4.79 Å². The maximum Gasteiger partial charge on any atom is 0.293 e. The third-order valence-electron chi connectivity index (χ3n) is 3.83. The van der Waals surface area contributed by atoms with E-state index in [0.717, 1.165) is 13.1 Å². The van der Waals surface area contributed by atoms with E-state index in [1.165, 1.54) is 12.8 Å². The molecule has 0 aromatic carbocycles. The first-order valence-corrected chi connectivity index (χ1v) is 7.14. The number of rotatable bonds is 4. The van der Waals surface area contributed by atoms with Gasteiger partial charge in [0.05, 0.1) is 0 Å². The van der Waals surface area contributed by atoms with Gasteiger partial charge in [0.1, 0.15) is 0 Å². The highest BCUT2D eigenvalue weighted by Crippen LogP contribution is 2.16. The average molecular weight is 264 g/mol. The van der Waals surface area contributed by atoms with E-state index < -0.39 is 0 Å². The second-order valence-electron chi connectivity index (χ2n) is 5.62. The summed E-state index contributed by atoms with van der Waals surface area (Å²) in [5.41, 5.74) is -0.0341. The van der Waals surface area contributed by atoms with Crippen LogP contribution in [0.15, 0.2) is 17.2 Å². The number of nitrogens with zero attached hydrogens (tertiary/aromatic N) is 2. The summed E-state index contributed by atoms with van der Waals surface area (Å²) in [4.78, 5) is 16.4. The van der Waals surface area contributed by atoms with Crippen molar-refractivity contribution >= 4 is 5.82 Å². The summed E-state index contributed by atoms with van der Waals surface area (Å²) in [6, 6.07) is 0.415. The Labute approximate surface area is 114 Å². The Morgan fingerprint density at radius 3 is 2.89 bits per heavy atom. The van der Waals surface area contributed by atoms with Crippen LogP contribution in [0.2, 0.25) is 0 Å². The van der Waals surface area contributed by atoms with Crippen molar-refractivity contribution in [3.8, 4) is 0 Å². The van der Waals surface area contributed by atoms with Gasteiger partial charge in [-0.1, -0.05) is 0 Å². The molecule has 2 unspecified atom stereocenters. The molecule has 1 saturated heterocycles. The van der Waals surface area contributed by atoms with E-state index in [1.807, 2.05) is 13.8 Å². The van der Waals surface area contributed by atoms with E-state index in [-0.39, 0.29) is 17.6 Å². The molecule has 2 heterocycles. The van der Waals surface area contributed by atoms with Crippen molar-refractivity contribution in [1.29, 1.82) is 0 Å². The highest BCUT2D eigenvalue weighted by atomic mass is 16.1. The van der Waals surface area contributed by atoms with Gasteiger partial charge in [0.25, 0.3) is 5.56 Å². The zero-order valence-electron chi connectivity index (χ0n) is 12.0. The van der Waals surface area contributed by atoms with Gasteiger partial charge in [-0.05, 0) is 52.6 Å². The van der Waals surface area contributed by atoms with Crippen molar-refractivity contribution in [1.82, 2.24) is 14.9 Å². The normalized spacial score (nSPS) is 21.4. The van der Waals surface area contributed by atoms with Crippen LogP contribution < -0.4 is 16.2 Å². The molecule has 1 fully saturated rings. The lowest BCUT2D eigenvalue weighted by Gasteiger charge is -2.29. The van der Waals surface area contributed by atoms with Crippen LogP contribution in [0, 0.1) is 5.92 Å². The maximum atomic E-state index is 12.3. The predicted molar refractivity (Wildman–Crippen MR) is 77.6 cm³/mol. The van der Waals surface area contributed by atoms with Gasteiger partial charge in [0.2, 0.25) is 0 Å². The first-order chi connectivity index (χ1) is 9.09. The molecular weight excluding hydrogens is 240 g/mol. The van der Waals surface area contributed by atoms with Crippen molar-refractivity contribution in [2.45, 2.75) is 45.7 Å². The minimum Gasteiger partial charge on any atom is -0.363 e. The number of piperidine rings is 1. The minimum atomic E-state index is -0.0341. The van der Waals surface area contributed by atoms with Gasteiger partial charge in [0.15, 0.2) is 5.82 Å². The molecule has 1 aliphatic heterocycles. The van der Waals surface area contributed by atoms with E-state index in [0.29, 0.717) is 11.7 Å². The molecule has 0 amide bonds. The van der Waals surface area contributed by atoms with Crippen LogP contribution in [0.25, 0.3) is 0 Å². The van der Waals surface area contributed by atoms with E-state index in [4.69, 9.17) is 0 Å². The summed E-state index contributed by atoms with van der Waals surface area (Å²) in [6.07, 6.45) is 5.84. The molecule has 106 valence electrons. The predicted octanol–water partition coefficient (Wildman–Crippen LogP) is 1.62. The Balaban J connectivity index is 2.10. The Morgan fingerprint density at radius 1 is 1.47 bits per heavy atom. The van der Waals surface area contributed by atoms with Crippen molar-refractivity contribution in [3.63, 3.8) is 0 Å². The SMILES string of the molecule is CC(Nc1nccn(C(C)C)c1=O)C1CCCNC1. The lowest BCUT2D eigenvalue weighted by atomic mass is 9.93. The standard InChI is InChI=1S/C14H24N4O/c1-10(2)18-8-7-16-13(14(18)19)17-11(3)12-5-4-6-15-9-12/h7-8,10-12,15H,4-6,9H2,1-3H3,(H,16,17). The van der Waals surface area contributed by atoms with Gasteiger partial charge < -0.3 is 15.2 Å². The number of anilines is 1. The topological polar surface area (TPSA) is 59.0 Å². The molecule has 19 heavy (non-hydrogen) atoms. The highest BCUT2D eigenvalue weighted by molar-refractivity contribution is 5.32. The van der Waals surface area contributed by atoms with E-state index in [2.05, 4.69) is 22.5 Å². The summed E-state index contributed by atoms with van der Waals surface area (Å²) in [5, 5.41) is 6.69. The summed E-state index contributed by atoms with van der Waals surface area (Å²) in [7, 11) is 0. The summed E-state index contributed by atoms with van der Waals surface area (Å²) in [5.74, 6) is 1.02. The van der Waals surface area contributed by atoms with Crippen LogP contribution in [0.4, 0.5) is 5.82 Å². The smallest absolute Gasteiger partial charge is 0.293 e. The number of nitrogens with one attached hydrogen (secondary N) is 2. The monoisotopic (exact) mass is 264 g/mol. The van der Waals surface area contributed by atoms with Crippen LogP contribution in [0.5, 0.6) is 0 Å². The molecular formula is C14H24N4O. The molecule has 0 spiro atoms. The van der Waals surface area contributed by atoms with Crippen molar-refractivity contribution < 1.29 is 0 Å². The van der Waals surface area contributed by atoms with E-state index >= 15 is 0 Å². The van der Waals surface area contributed by atoms with Gasteiger partial charge in [-0.25, -0.2) is 4.98 Å². The largest absolute Gasteiger partial charge is 0.363 e. The van der Waals surface area contributed by atoms with Gasteiger partial charge >= 0.3 is 0 Å². The molecule has 1 aromatic heterocycles. The van der Waals surface area contributed by atoms with Gasteiger partial charge in [-0.15, -0.1) is 0 Å². The van der Waals surface area contributed by atoms with Crippen LogP contribution in [-0.4, -0.2) is 28.7 Å². The molecule has 0 radical (unpaired) electrons. The maximum absolute atomic E-state index is 12.3. The second-order valence-corrected chi connectivity index (χ2v) is 5.62. The second kappa shape index (κ2) is 6.19. The zero-order valence-corrected chi connectivity index (χ0v) is 12.0. The summed E-state index contributed by atoms with van der Waals surface area (Å²) < 4.78 is 1.71. The van der Waals surface area contributed by atoms with Crippen LogP contribution >= 0.6 is 0 Å². The molecule has 2 atom stereocenters. The highest BCUT2D eigenvalue weighted by Gasteiger charge is 2.21. The third-order valence-corrected chi connectivity index (χ3v) is 3.83. The van der Waals surface area contributed by atoms with Gasteiger partial charge in [0, 0.05) is 24.5 Å². The number of hydrogen-bond acceptors (Lipinski definition) is 4. The Bertz CT molecular complexity index is 463.